The van der Waals surface area contributed by atoms with Crippen LogP contribution in [0.5, 0.6) is 0 Å². The molecule has 0 spiro atoms. The fourth-order valence-electron chi connectivity index (χ4n) is 0.773. The molecule has 0 aliphatic rings. The van der Waals surface area contributed by atoms with Gasteiger partial charge in [-0.15, -0.1) is 0 Å². The van der Waals surface area contributed by atoms with Gasteiger partial charge in [-0.05, 0) is 14.1 Å². The Labute approximate surface area is 77.0 Å². The van der Waals surface area contributed by atoms with Crippen molar-refractivity contribution in [1.29, 1.82) is 0 Å². The third-order valence-corrected chi connectivity index (χ3v) is 2.22. The Morgan fingerprint density at radius 2 is 1.92 bits per heavy atom. The zero-order chi connectivity index (χ0) is 9.14. The zero-order valence-electron chi connectivity index (χ0n) is 7.90. The van der Waals surface area contributed by atoms with E-state index in [1.807, 2.05) is 33.1 Å². The molecule has 1 heterocycles. The zero-order valence-corrected chi connectivity index (χ0v) is 8.72. The van der Waals surface area contributed by atoms with Crippen molar-refractivity contribution in [2.45, 2.75) is 6.54 Å². The number of nitrogens with zero attached hydrogens (tertiary/aromatic N) is 4. The molecule has 0 N–H and O–H groups in total. The first-order valence-corrected chi connectivity index (χ1v) is 4.51. The molecule has 0 fully saturated rings. The first-order chi connectivity index (χ1) is 5.59. The topological polar surface area (TPSA) is 32.3 Å². The molecule has 1 aromatic heterocycles. The number of hydrogen-bond donors (Lipinski definition) is 0. The number of anilines is 1. The Kier molecular flexibility index (Phi) is 2.99. The van der Waals surface area contributed by atoms with Gasteiger partial charge in [0.05, 0.1) is 6.54 Å². The van der Waals surface area contributed by atoms with E-state index >= 15 is 0 Å². The monoisotopic (exact) mass is 186 g/mol. The lowest BCUT2D eigenvalue weighted by molar-refractivity contribution is 0.392. The van der Waals surface area contributed by atoms with Crippen LogP contribution in [-0.4, -0.2) is 42.4 Å². The van der Waals surface area contributed by atoms with Crippen LogP contribution in [-0.2, 0) is 6.54 Å². The van der Waals surface area contributed by atoms with E-state index in [-0.39, 0.29) is 0 Å². The SMILES string of the molecule is CN(C)Cc1nsc(N(C)C)n1. The van der Waals surface area contributed by atoms with Crippen LogP contribution in [0.15, 0.2) is 0 Å². The third kappa shape index (κ3) is 2.42. The maximum atomic E-state index is 4.34. The quantitative estimate of drug-likeness (QED) is 0.694. The van der Waals surface area contributed by atoms with E-state index in [0.717, 1.165) is 17.5 Å². The van der Waals surface area contributed by atoms with E-state index in [1.54, 1.807) is 0 Å². The highest BCUT2D eigenvalue weighted by atomic mass is 32.1. The molecule has 0 aliphatic carbocycles. The molecule has 68 valence electrons. The van der Waals surface area contributed by atoms with Crippen LogP contribution in [0, 0.1) is 0 Å². The predicted molar refractivity (Wildman–Crippen MR) is 51.6 cm³/mol. The molecule has 0 radical (unpaired) electrons. The van der Waals surface area contributed by atoms with Crippen molar-refractivity contribution in [3.05, 3.63) is 5.82 Å². The Hall–Kier alpha value is -0.680. The van der Waals surface area contributed by atoms with E-state index < -0.39 is 0 Å². The van der Waals surface area contributed by atoms with Gasteiger partial charge in [0.15, 0.2) is 5.82 Å². The highest BCUT2D eigenvalue weighted by Crippen LogP contribution is 2.14. The van der Waals surface area contributed by atoms with E-state index in [4.69, 9.17) is 0 Å². The van der Waals surface area contributed by atoms with Crippen molar-refractivity contribution < 1.29 is 0 Å². The maximum Gasteiger partial charge on any atom is 0.204 e. The highest BCUT2D eigenvalue weighted by molar-refractivity contribution is 7.09. The number of hydrogen-bond acceptors (Lipinski definition) is 5. The summed E-state index contributed by atoms with van der Waals surface area (Å²) in [6, 6.07) is 0. The van der Waals surface area contributed by atoms with Crippen molar-refractivity contribution in [1.82, 2.24) is 14.3 Å². The van der Waals surface area contributed by atoms with Crippen LogP contribution >= 0.6 is 11.5 Å². The average molecular weight is 186 g/mol. The molecule has 4 nitrogen and oxygen atoms in total. The predicted octanol–water partition coefficient (Wildman–Crippen LogP) is 0.666. The summed E-state index contributed by atoms with van der Waals surface area (Å²) in [5.74, 6) is 0.897. The van der Waals surface area contributed by atoms with Crippen LogP contribution in [0.4, 0.5) is 5.13 Å². The van der Waals surface area contributed by atoms with Gasteiger partial charge in [-0.1, -0.05) is 0 Å². The van der Waals surface area contributed by atoms with Gasteiger partial charge >= 0.3 is 0 Å². The first-order valence-electron chi connectivity index (χ1n) is 3.74. The molecular weight excluding hydrogens is 172 g/mol. The van der Waals surface area contributed by atoms with Crippen LogP contribution < -0.4 is 4.90 Å². The molecule has 5 heteroatoms. The Morgan fingerprint density at radius 1 is 1.25 bits per heavy atom. The smallest absolute Gasteiger partial charge is 0.204 e. The summed E-state index contributed by atoms with van der Waals surface area (Å²) in [6.45, 7) is 0.810. The second-order valence-corrected chi connectivity index (χ2v) is 3.86. The third-order valence-electron chi connectivity index (χ3n) is 1.30. The second-order valence-electron chi connectivity index (χ2n) is 3.13. The molecule has 0 amide bonds. The Morgan fingerprint density at radius 3 is 2.33 bits per heavy atom. The van der Waals surface area contributed by atoms with Gasteiger partial charge in [-0.3, -0.25) is 0 Å². The average Bonchev–Trinajstić information content (AvgIpc) is 2.34. The van der Waals surface area contributed by atoms with E-state index in [0.29, 0.717) is 0 Å². The van der Waals surface area contributed by atoms with E-state index in [2.05, 4.69) is 14.3 Å². The molecule has 1 aromatic rings. The van der Waals surface area contributed by atoms with Crippen molar-refractivity contribution in [3.8, 4) is 0 Å². The summed E-state index contributed by atoms with van der Waals surface area (Å²) in [5, 5.41) is 0.965. The van der Waals surface area contributed by atoms with Crippen molar-refractivity contribution >= 4 is 16.7 Å². The lowest BCUT2D eigenvalue weighted by atomic mass is 10.6. The normalized spacial score (nSPS) is 10.8. The summed E-state index contributed by atoms with van der Waals surface area (Å²) in [7, 11) is 7.96. The maximum absolute atomic E-state index is 4.34. The summed E-state index contributed by atoms with van der Waals surface area (Å²) in [5.41, 5.74) is 0. The first kappa shape index (κ1) is 9.41. The van der Waals surface area contributed by atoms with Crippen LogP contribution in [0.1, 0.15) is 5.82 Å². The van der Waals surface area contributed by atoms with Crippen LogP contribution in [0.2, 0.25) is 0 Å². The lowest BCUT2D eigenvalue weighted by Gasteiger charge is -2.06. The minimum atomic E-state index is 0.810. The molecule has 1 rings (SSSR count). The number of rotatable bonds is 3. The van der Waals surface area contributed by atoms with Crippen LogP contribution in [0.3, 0.4) is 0 Å². The van der Waals surface area contributed by atoms with Gasteiger partial charge in [0, 0.05) is 25.6 Å². The molecule has 0 aliphatic heterocycles. The number of aromatic nitrogens is 2. The van der Waals surface area contributed by atoms with Gasteiger partial charge in [-0.2, -0.15) is 4.37 Å². The summed E-state index contributed by atoms with van der Waals surface area (Å²) in [4.78, 5) is 8.37. The van der Waals surface area contributed by atoms with Crippen molar-refractivity contribution in [2.24, 2.45) is 0 Å². The summed E-state index contributed by atoms with van der Waals surface area (Å²) in [6.07, 6.45) is 0. The second kappa shape index (κ2) is 3.82. The van der Waals surface area contributed by atoms with Gasteiger partial charge in [-0.25, -0.2) is 4.98 Å². The minimum Gasteiger partial charge on any atom is -0.353 e. The Balaban J connectivity index is 2.64. The van der Waals surface area contributed by atoms with Crippen molar-refractivity contribution in [2.75, 3.05) is 33.1 Å². The minimum absolute atomic E-state index is 0.810. The Bertz CT molecular complexity index is 243. The largest absolute Gasteiger partial charge is 0.353 e. The van der Waals surface area contributed by atoms with Gasteiger partial charge in [0.2, 0.25) is 5.13 Å². The van der Waals surface area contributed by atoms with Crippen LogP contribution in [0.25, 0.3) is 0 Å². The molecule has 12 heavy (non-hydrogen) atoms. The summed E-state index contributed by atoms with van der Waals surface area (Å²) < 4.78 is 4.22. The molecule has 0 saturated carbocycles. The molecule has 0 aromatic carbocycles. The van der Waals surface area contributed by atoms with E-state index in [9.17, 15) is 0 Å². The van der Waals surface area contributed by atoms with Gasteiger partial charge in [0.25, 0.3) is 0 Å². The summed E-state index contributed by atoms with van der Waals surface area (Å²) >= 11 is 1.44. The molecular formula is C7H14N4S. The van der Waals surface area contributed by atoms with Crippen molar-refractivity contribution in [3.63, 3.8) is 0 Å². The van der Waals surface area contributed by atoms with Gasteiger partial charge in [0.1, 0.15) is 0 Å². The van der Waals surface area contributed by atoms with E-state index in [1.165, 1.54) is 11.5 Å². The molecule has 0 saturated heterocycles. The molecule has 0 atom stereocenters. The highest BCUT2D eigenvalue weighted by Gasteiger charge is 2.05. The fraction of sp³-hybridized carbons (Fsp3) is 0.714. The molecule has 0 unspecified atom stereocenters. The molecule has 0 bridgehead atoms. The van der Waals surface area contributed by atoms with Gasteiger partial charge < -0.3 is 9.80 Å². The fourth-order valence-corrected chi connectivity index (χ4v) is 1.37. The standard InChI is InChI=1S/C7H14N4S/c1-10(2)5-6-8-7(11(3)4)12-9-6/h5H2,1-4H3. The lowest BCUT2D eigenvalue weighted by Crippen LogP contribution is -2.12.